The first-order valence-electron chi connectivity index (χ1n) is 5.68. The van der Waals surface area contributed by atoms with Crippen LogP contribution in [0.15, 0.2) is 24.3 Å². The van der Waals surface area contributed by atoms with E-state index in [0.717, 1.165) is 31.6 Å². The van der Waals surface area contributed by atoms with Crippen molar-refractivity contribution in [2.75, 3.05) is 6.61 Å². The Morgan fingerprint density at radius 1 is 1.33 bits per heavy atom. The molecule has 0 aliphatic carbocycles. The molecule has 2 nitrogen and oxygen atoms in total. The van der Waals surface area contributed by atoms with Gasteiger partial charge >= 0.3 is 0 Å². The molecule has 1 aromatic rings. The predicted molar refractivity (Wildman–Crippen MR) is 57.9 cm³/mol. The van der Waals surface area contributed by atoms with E-state index in [4.69, 9.17) is 9.47 Å². The lowest BCUT2D eigenvalue weighted by Gasteiger charge is -2.35. The maximum absolute atomic E-state index is 5.98. The van der Waals surface area contributed by atoms with E-state index in [1.54, 1.807) is 0 Å². The number of rotatable bonds is 0. The molecule has 1 aromatic carbocycles. The largest absolute Gasteiger partial charge is 0.462 e. The van der Waals surface area contributed by atoms with Crippen LogP contribution in [0.3, 0.4) is 0 Å². The van der Waals surface area contributed by atoms with Crippen molar-refractivity contribution in [3.63, 3.8) is 0 Å². The van der Waals surface area contributed by atoms with E-state index >= 15 is 0 Å². The second-order valence-corrected chi connectivity index (χ2v) is 4.74. The lowest BCUT2D eigenvalue weighted by atomic mass is 9.92. The third kappa shape index (κ3) is 1.53. The average Bonchev–Trinajstić information content (AvgIpc) is 2.54. The monoisotopic (exact) mass is 204 g/mol. The summed E-state index contributed by atoms with van der Waals surface area (Å²) in [6.45, 7) is 3.10. The Morgan fingerprint density at radius 3 is 3.00 bits per heavy atom. The zero-order valence-electron chi connectivity index (χ0n) is 9.03. The molecule has 0 amide bonds. The second kappa shape index (κ2) is 3.24. The van der Waals surface area contributed by atoms with Crippen LogP contribution in [0, 0.1) is 5.92 Å². The molecule has 0 saturated carbocycles. The van der Waals surface area contributed by atoms with Crippen LogP contribution < -0.4 is 4.74 Å². The molecule has 2 aliphatic rings. The summed E-state index contributed by atoms with van der Waals surface area (Å²) in [6.07, 6.45) is 3.08. The summed E-state index contributed by atoms with van der Waals surface area (Å²) in [5, 5.41) is 0. The van der Waals surface area contributed by atoms with Crippen molar-refractivity contribution in [2.24, 2.45) is 5.92 Å². The van der Waals surface area contributed by atoms with Gasteiger partial charge in [0.25, 0.3) is 0 Å². The van der Waals surface area contributed by atoms with Crippen molar-refractivity contribution in [2.45, 2.75) is 32.0 Å². The molecule has 1 saturated heterocycles. The average molecular weight is 204 g/mol. The van der Waals surface area contributed by atoms with Crippen LogP contribution in [0.25, 0.3) is 0 Å². The van der Waals surface area contributed by atoms with Crippen LogP contribution in [0.5, 0.6) is 5.75 Å². The van der Waals surface area contributed by atoms with Crippen molar-refractivity contribution in [3.05, 3.63) is 29.8 Å². The van der Waals surface area contributed by atoms with Gasteiger partial charge < -0.3 is 9.47 Å². The van der Waals surface area contributed by atoms with E-state index in [0.29, 0.717) is 5.92 Å². The van der Waals surface area contributed by atoms with Gasteiger partial charge in [0.05, 0.1) is 6.61 Å². The Kier molecular flexibility index (Phi) is 1.99. The molecule has 1 spiro atoms. The molecule has 80 valence electrons. The number of ether oxygens (including phenoxy) is 2. The summed E-state index contributed by atoms with van der Waals surface area (Å²) in [5.41, 5.74) is 1.28. The quantitative estimate of drug-likeness (QED) is 0.647. The molecular weight excluding hydrogens is 188 g/mol. The summed E-state index contributed by atoms with van der Waals surface area (Å²) in [4.78, 5) is 0. The van der Waals surface area contributed by atoms with Gasteiger partial charge in [0, 0.05) is 18.4 Å². The predicted octanol–water partition coefficient (Wildman–Crippen LogP) is 2.76. The molecule has 1 fully saturated rings. The number of fused-ring (bicyclic) bond motifs is 1. The molecule has 2 heteroatoms. The van der Waals surface area contributed by atoms with Gasteiger partial charge in [-0.05, 0) is 18.4 Å². The highest BCUT2D eigenvalue weighted by molar-refractivity contribution is 5.38. The number of hydrogen-bond donors (Lipinski definition) is 0. The lowest BCUT2D eigenvalue weighted by molar-refractivity contribution is -0.204. The summed E-state index contributed by atoms with van der Waals surface area (Å²) in [6, 6.07) is 8.25. The minimum Gasteiger partial charge on any atom is -0.462 e. The van der Waals surface area contributed by atoms with Crippen molar-refractivity contribution < 1.29 is 9.47 Å². The Balaban J connectivity index is 1.87. The molecular formula is C13H16O2. The summed E-state index contributed by atoms with van der Waals surface area (Å²) in [7, 11) is 0. The minimum absolute atomic E-state index is 0.346. The molecule has 2 aliphatic heterocycles. The van der Waals surface area contributed by atoms with Gasteiger partial charge in [0.1, 0.15) is 5.75 Å². The fourth-order valence-electron chi connectivity index (χ4n) is 2.61. The SMILES string of the molecule is CC1CCOC2(Cc3ccccc3O2)C1. The van der Waals surface area contributed by atoms with E-state index in [1.165, 1.54) is 5.56 Å². The first-order chi connectivity index (χ1) is 7.27. The molecule has 15 heavy (non-hydrogen) atoms. The number of benzene rings is 1. The van der Waals surface area contributed by atoms with E-state index in [9.17, 15) is 0 Å². The van der Waals surface area contributed by atoms with Crippen LogP contribution in [0.4, 0.5) is 0 Å². The topological polar surface area (TPSA) is 18.5 Å². The highest BCUT2D eigenvalue weighted by Gasteiger charge is 2.43. The van der Waals surface area contributed by atoms with Crippen LogP contribution in [-0.4, -0.2) is 12.4 Å². The third-order valence-corrected chi connectivity index (χ3v) is 3.36. The van der Waals surface area contributed by atoms with Gasteiger partial charge in [-0.25, -0.2) is 0 Å². The Bertz CT molecular complexity index is 348. The van der Waals surface area contributed by atoms with E-state index in [1.807, 2.05) is 12.1 Å². The first kappa shape index (κ1) is 9.22. The highest BCUT2D eigenvalue weighted by atomic mass is 16.7. The number of hydrogen-bond acceptors (Lipinski definition) is 2. The Hall–Kier alpha value is -1.02. The first-order valence-corrected chi connectivity index (χ1v) is 5.68. The Morgan fingerprint density at radius 2 is 2.20 bits per heavy atom. The molecule has 2 unspecified atom stereocenters. The van der Waals surface area contributed by atoms with Crippen LogP contribution in [0.2, 0.25) is 0 Å². The fourth-order valence-corrected chi connectivity index (χ4v) is 2.61. The van der Waals surface area contributed by atoms with Crippen LogP contribution in [-0.2, 0) is 11.2 Å². The van der Waals surface area contributed by atoms with Crippen LogP contribution in [0.1, 0.15) is 25.3 Å². The Labute approximate surface area is 90.2 Å². The third-order valence-electron chi connectivity index (χ3n) is 3.36. The van der Waals surface area contributed by atoms with Gasteiger partial charge in [-0.15, -0.1) is 0 Å². The summed E-state index contributed by atoms with van der Waals surface area (Å²) in [5.74, 6) is 1.36. The molecule has 0 aromatic heterocycles. The highest BCUT2D eigenvalue weighted by Crippen LogP contribution is 2.41. The maximum Gasteiger partial charge on any atom is 0.215 e. The standard InChI is InChI=1S/C13H16O2/c1-10-6-7-14-13(8-10)9-11-4-2-3-5-12(11)15-13/h2-5,10H,6-9H2,1H3. The smallest absolute Gasteiger partial charge is 0.215 e. The molecule has 0 bridgehead atoms. The van der Waals surface area contributed by atoms with Gasteiger partial charge in [-0.2, -0.15) is 0 Å². The molecule has 3 rings (SSSR count). The van der Waals surface area contributed by atoms with E-state index in [-0.39, 0.29) is 5.79 Å². The zero-order chi connectivity index (χ0) is 10.3. The van der Waals surface area contributed by atoms with Crippen molar-refractivity contribution in [3.8, 4) is 5.75 Å². The lowest BCUT2D eigenvalue weighted by Crippen LogP contribution is -2.43. The number of para-hydroxylation sites is 1. The van der Waals surface area contributed by atoms with Crippen molar-refractivity contribution >= 4 is 0 Å². The summed E-state index contributed by atoms with van der Waals surface area (Å²) >= 11 is 0. The second-order valence-electron chi connectivity index (χ2n) is 4.74. The molecule has 2 atom stereocenters. The van der Waals surface area contributed by atoms with Crippen LogP contribution >= 0.6 is 0 Å². The molecule has 0 radical (unpaired) electrons. The van der Waals surface area contributed by atoms with Crippen molar-refractivity contribution in [1.29, 1.82) is 0 Å². The van der Waals surface area contributed by atoms with Gasteiger partial charge in [0.2, 0.25) is 5.79 Å². The van der Waals surface area contributed by atoms with Gasteiger partial charge in [0.15, 0.2) is 0 Å². The van der Waals surface area contributed by atoms with E-state index in [2.05, 4.69) is 19.1 Å². The normalized spacial score (nSPS) is 33.8. The maximum atomic E-state index is 5.98. The van der Waals surface area contributed by atoms with Gasteiger partial charge in [-0.1, -0.05) is 25.1 Å². The molecule has 2 heterocycles. The summed E-state index contributed by atoms with van der Waals surface area (Å²) < 4.78 is 11.8. The molecule has 0 N–H and O–H groups in total. The minimum atomic E-state index is -0.346. The van der Waals surface area contributed by atoms with E-state index < -0.39 is 0 Å². The fraction of sp³-hybridized carbons (Fsp3) is 0.538. The zero-order valence-corrected chi connectivity index (χ0v) is 9.03. The van der Waals surface area contributed by atoms with Gasteiger partial charge in [-0.3, -0.25) is 0 Å². The van der Waals surface area contributed by atoms with Crippen molar-refractivity contribution in [1.82, 2.24) is 0 Å².